The standard InChI is InChI=1S/C54H101N2O7P/c1-7-10-13-16-19-22-25-28-31-34-37-40-43-46-53(57)55-51(50-62-64(59,60)61-49-48-56(4,5)6)52(45-42-39-36-33-30-27-24-21-18-15-12-9-3)63-54(58)47-44-41-38-35-32-29-26-23-20-17-14-11-8-2/h28-29,31-32,38,41-42,45,51-52H,7-27,30,33-37,39-40,43-44,46-50H2,1-6H3,(H-,55,57,59,60)/b31-28-,32-29-,41-38+,45-42+. The van der Waals surface area contributed by atoms with E-state index in [-0.39, 0.29) is 25.4 Å². The van der Waals surface area contributed by atoms with Gasteiger partial charge in [0, 0.05) is 12.8 Å². The number of esters is 1. The van der Waals surface area contributed by atoms with Crippen LogP contribution in [0.5, 0.6) is 0 Å². The van der Waals surface area contributed by atoms with Crippen molar-refractivity contribution >= 4 is 19.7 Å². The molecule has 1 amide bonds. The summed E-state index contributed by atoms with van der Waals surface area (Å²) in [5.74, 6) is -0.638. The van der Waals surface area contributed by atoms with E-state index < -0.39 is 32.5 Å². The minimum absolute atomic E-state index is 0.0326. The Hall–Kier alpha value is -2.03. The fourth-order valence-corrected chi connectivity index (χ4v) is 8.06. The second-order valence-corrected chi connectivity index (χ2v) is 20.4. The predicted molar refractivity (Wildman–Crippen MR) is 270 cm³/mol. The molecule has 0 aliphatic heterocycles. The Kier molecular flexibility index (Phi) is 43.4. The molecule has 0 spiro atoms. The number of phosphoric ester groups is 1. The molecule has 0 saturated carbocycles. The highest BCUT2D eigenvalue weighted by atomic mass is 31.2. The Labute approximate surface area is 395 Å². The average Bonchev–Trinajstić information content (AvgIpc) is 3.25. The molecule has 0 bridgehead atoms. The number of quaternary nitrogens is 1. The van der Waals surface area contributed by atoms with Crippen LogP contribution < -0.4 is 10.2 Å². The van der Waals surface area contributed by atoms with Crippen molar-refractivity contribution in [2.24, 2.45) is 0 Å². The summed E-state index contributed by atoms with van der Waals surface area (Å²) in [5, 5.41) is 2.98. The van der Waals surface area contributed by atoms with Gasteiger partial charge in [-0.2, -0.15) is 0 Å². The summed E-state index contributed by atoms with van der Waals surface area (Å²) in [5.41, 5.74) is 0. The molecule has 374 valence electrons. The second-order valence-electron chi connectivity index (χ2n) is 19.0. The van der Waals surface area contributed by atoms with E-state index in [0.29, 0.717) is 23.9 Å². The van der Waals surface area contributed by atoms with E-state index in [9.17, 15) is 19.0 Å². The maximum Gasteiger partial charge on any atom is 0.306 e. The summed E-state index contributed by atoms with van der Waals surface area (Å²) < 4.78 is 30.0. The van der Waals surface area contributed by atoms with Gasteiger partial charge >= 0.3 is 5.97 Å². The Morgan fingerprint density at radius 1 is 0.547 bits per heavy atom. The molecule has 0 aliphatic rings. The number of rotatable bonds is 47. The molecule has 0 rings (SSSR count). The highest BCUT2D eigenvalue weighted by molar-refractivity contribution is 7.45. The zero-order chi connectivity index (χ0) is 47.3. The van der Waals surface area contributed by atoms with Crippen LogP contribution in [-0.2, 0) is 27.9 Å². The predicted octanol–water partition coefficient (Wildman–Crippen LogP) is 14.7. The lowest BCUT2D eigenvalue weighted by atomic mass is 10.1. The van der Waals surface area contributed by atoms with Crippen molar-refractivity contribution in [1.29, 1.82) is 0 Å². The Balaban J connectivity index is 5.53. The molecule has 0 aliphatic carbocycles. The van der Waals surface area contributed by atoms with Crippen LogP contribution in [0.2, 0.25) is 0 Å². The van der Waals surface area contributed by atoms with Crippen molar-refractivity contribution < 1.29 is 37.3 Å². The molecule has 0 aromatic heterocycles. The zero-order valence-corrected chi connectivity index (χ0v) is 43.4. The van der Waals surface area contributed by atoms with Crippen LogP contribution in [0.1, 0.15) is 233 Å². The molecule has 0 aromatic carbocycles. The van der Waals surface area contributed by atoms with Crippen LogP contribution in [0.4, 0.5) is 0 Å². The number of hydrogen-bond acceptors (Lipinski definition) is 7. The summed E-state index contributed by atoms with van der Waals surface area (Å²) in [7, 11) is 1.15. The van der Waals surface area contributed by atoms with E-state index in [4.69, 9.17) is 13.8 Å². The third-order valence-corrected chi connectivity index (χ3v) is 12.5. The number of carbonyl (C=O) groups excluding carboxylic acids is 2. The lowest BCUT2D eigenvalue weighted by molar-refractivity contribution is -0.870. The van der Waals surface area contributed by atoms with E-state index in [1.54, 1.807) is 6.08 Å². The fraction of sp³-hybridized carbons (Fsp3) is 0.815. The van der Waals surface area contributed by atoms with Crippen molar-refractivity contribution in [2.75, 3.05) is 40.9 Å². The Morgan fingerprint density at radius 2 is 0.969 bits per heavy atom. The monoisotopic (exact) mass is 921 g/mol. The van der Waals surface area contributed by atoms with Gasteiger partial charge in [0.15, 0.2) is 0 Å². The molecule has 0 saturated heterocycles. The molecule has 3 atom stereocenters. The van der Waals surface area contributed by atoms with Crippen molar-refractivity contribution in [2.45, 2.75) is 245 Å². The highest BCUT2D eigenvalue weighted by Crippen LogP contribution is 2.38. The number of carbonyl (C=O) groups is 2. The number of nitrogens with zero attached hydrogens (tertiary/aromatic N) is 1. The molecule has 10 heteroatoms. The lowest BCUT2D eigenvalue weighted by Crippen LogP contribution is -2.47. The van der Waals surface area contributed by atoms with Crippen molar-refractivity contribution in [3.63, 3.8) is 0 Å². The maximum atomic E-state index is 13.4. The number of unbranched alkanes of at least 4 members (excludes halogenated alkanes) is 25. The third kappa shape index (κ3) is 45.1. The van der Waals surface area contributed by atoms with Gasteiger partial charge in [-0.25, -0.2) is 0 Å². The van der Waals surface area contributed by atoms with E-state index in [2.05, 4.69) is 56.5 Å². The van der Waals surface area contributed by atoms with Crippen LogP contribution >= 0.6 is 7.82 Å². The summed E-state index contributed by atoms with van der Waals surface area (Å²) in [6.07, 6.45) is 52.3. The average molecular weight is 921 g/mol. The number of hydrogen-bond donors (Lipinski definition) is 1. The molecule has 64 heavy (non-hydrogen) atoms. The molecular weight excluding hydrogens is 820 g/mol. The second kappa shape index (κ2) is 44.8. The highest BCUT2D eigenvalue weighted by Gasteiger charge is 2.27. The molecule has 0 fully saturated rings. The number of phosphoric acid groups is 1. The van der Waals surface area contributed by atoms with Crippen molar-refractivity contribution in [3.8, 4) is 0 Å². The van der Waals surface area contributed by atoms with Gasteiger partial charge < -0.3 is 28.5 Å². The van der Waals surface area contributed by atoms with Gasteiger partial charge in [0.2, 0.25) is 5.91 Å². The largest absolute Gasteiger partial charge is 0.756 e. The van der Waals surface area contributed by atoms with Crippen LogP contribution in [0.25, 0.3) is 0 Å². The summed E-state index contributed by atoms with van der Waals surface area (Å²) in [4.78, 5) is 39.6. The normalized spacial score (nSPS) is 14.3. The topological polar surface area (TPSA) is 114 Å². The quantitative estimate of drug-likeness (QED) is 0.0213. The van der Waals surface area contributed by atoms with Crippen LogP contribution in [0, 0.1) is 0 Å². The van der Waals surface area contributed by atoms with Crippen molar-refractivity contribution in [3.05, 3.63) is 48.6 Å². The van der Waals surface area contributed by atoms with Crippen LogP contribution in [-0.4, -0.2) is 69.4 Å². The van der Waals surface area contributed by atoms with Crippen LogP contribution in [0.15, 0.2) is 48.6 Å². The first-order valence-electron chi connectivity index (χ1n) is 26.4. The number of nitrogens with one attached hydrogen (secondary N) is 1. The van der Waals surface area contributed by atoms with Gasteiger partial charge in [0.1, 0.15) is 19.3 Å². The zero-order valence-electron chi connectivity index (χ0n) is 42.5. The number of ether oxygens (including phenoxy) is 1. The van der Waals surface area contributed by atoms with E-state index >= 15 is 0 Å². The maximum absolute atomic E-state index is 13.4. The molecule has 0 aromatic rings. The van der Waals surface area contributed by atoms with E-state index in [1.807, 2.05) is 33.3 Å². The van der Waals surface area contributed by atoms with Gasteiger partial charge in [0.25, 0.3) is 7.82 Å². The first-order chi connectivity index (χ1) is 30.9. The first kappa shape index (κ1) is 62.0. The summed E-state index contributed by atoms with van der Waals surface area (Å²) in [6.45, 7) is 6.76. The first-order valence-corrected chi connectivity index (χ1v) is 27.9. The molecule has 1 N–H and O–H groups in total. The minimum Gasteiger partial charge on any atom is -0.756 e. The van der Waals surface area contributed by atoms with Crippen molar-refractivity contribution in [1.82, 2.24) is 5.32 Å². The molecule has 9 nitrogen and oxygen atoms in total. The Bertz CT molecular complexity index is 1240. The number of likely N-dealkylation sites (N-methyl/N-ethyl adjacent to an activating group) is 1. The summed E-state index contributed by atoms with van der Waals surface area (Å²) in [6, 6.07) is -0.915. The number of allylic oxidation sites excluding steroid dienone is 7. The minimum atomic E-state index is -4.70. The molecular formula is C54H101N2O7P. The Morgan fingerprint density at radius 3 is 1.45 bits per heavy atom. The van der Waals surface area contributed by atoms with Gasteiger partial charge in [0.05, 0.1) is 33.8 Å². The molecule has 3 unspecified atom stereocenters. The molecule has 0 radical (unpaired) electrons. The van der Waals surface area contributed by atoms with E-state index in [0.717, 1.165) is 57.8 Å². The fourth-order valence-electron chi connectivity index (χ4n) is 7.33. The van der Waals surface area contributed by atoms with Gasteiger partial charge in [-0.1, -0.05) is 192 Å². The summed E-state index contributed by atoms with van der Waals surface area (Å²) >= 11 is 0. The van der Waals surface area contributed by atoms with Crippen LogP contribution in [0.3, 0.4) is 0 Å². The van der Waals surface area contributed by atoms with E-state index in [1.165, 1.54) is 128 Å². The SMILES string of the molecule is CCCCCCCC/C=C\C/C=C/CCC(=O)OC(/C=C/CCCCCCCCCCCC)C(COP(=O)([O-])OCC[N+](C)(C)C)NC(=O)CCCCC/C=C\CCCCCCCC. The van der Waals surface area contributed by atoms with Gasteiger partial charge in [-0.15, -0.1) is 0 Å². The number of amides is 1. The molecule has 0 heterocycles. The van der Waals surface area contributed by atoms with Gasteiger partial charge in [-0.05, 0) is 76.7 Å². The third-order valence-electron chi connectivity index (χ3n) is 11.5. The lowest BCUT2D eigenvalue weighted by Gasteiger charge is -2.30. The smallest absolute Gasteiger partial charge is 0.306 e. The van der Waals surface area contributed by atoms with Gasteiger partial charge in [-0.3, -0.25) is 14.2 Å².